The molecule has 0 aliphatic heterocycles. The standard InChI is InChI=1S/C9H9BrCl2N2O/c10-3-4-13-9(15)14-6-1-2-7(11)8(12)5-6/h1-2,5H,3-4H2,(H2,13,14,15). The van der Waals surface area contributed by atoms with E-state index in [0.29, 0.717) is 27.6 Å². The predicted octanol–water partition coefficient (Wildman–Crippen LogP) is 3.51. The number of hydrogen-bond acceptors (Lipinski definition) is 1. The van der Waals surface area contributed by atoms with E-state index in [1.54, 1.807) is 18.2 Å². The van der Waals surface area contributed by atoms with Gasteiger partial charge in [0.05, 0.1) is 10.0 Å². The molecular weight excluding hydrogens is 303 g/mol. The number of hydrogen-bond donors (Lipinski definition) is 2. The molecule has 3 nitrogen and oxygen atoms in total. The molecule has 0 aromatic heterocycles. The maximum Gasteiger partial charge on any atom is 0.319 e. The Hall–Kier alpha value is -0.450. The van der Waals surface area contributed by atoms with E-state index < -0.39 is 0 Å². The molecule has 0 bridgehead atoms. The highest BCUT2D eigenvalue weighted by atomic mass is 79.9. The number of rotatable bonds is 3. The lowest BCUT2D eigenvalue weighted by Gasteiger charge is -2.06. The van der Waals surface area contributed by atoms with Crippen LogP contribution in [0.5, 0.6) is 0 Å². The normalized spacial score (nSPS) is 9.80. The molecule has 0 radical (unpaired) electrons. The molecule has 0 aliphatic carbocycles. The molecule has 0 aliphatic rings. The molecule has 0 unspecified atom stereocenters. The van der Waals surface area contributed by atoms with Gasteiger partial charge in [-0.25, -0.2) is 4.79 Å². The van der Waals surface area contributed by atoms with Crippen molar-refractivity contribution in [1.29, 1.82) is 0 Å². The van der Waals surface area contributed by atoms with Crippen molar-refractivity contribution in [3.05, 3.63) is 28.2 Å². The summed E-state index contributed by atoms with van der Waals surface area (Å²) in [6.45, 7) is 0.563. The molecule has 2 N–H and O–H groups in total. The number of alkyl halides is 1. The molecule has 0 heterocycles. The number of benzene rings is 1. The minimum Gasteiger partial charge on any atom is -0.337 e. The maximum absolute atomic E-state index is 11.2. The van der Waals surface area contributed by atoms with Gasteiger partial charge in [0.25, 0.3) is 0 Å². The quantitative estimate of drug-likeness (QED) is 0.824. The SMILES string of the molecule is O=C(NCCBr)Nc1ccc(Cl)c(Cl)c1. The molecule has 0 fully saturated rings. The van der Waals surface area contributed by atoms with Crippen LogP contribution in [-0.2, 0) is 0 Å². The molecule has 1 rings (SSSR count). The third kappa shape index (κ3) is 4.28. The van der Waals surface area contributed by atoms with Gasteiger partial charge in [-0.05, 0) is 18.2 Å². The van der Waals surface area contributed by atoms with Gasteiger partial charge in [-0.15, -0.1) is 0 Å². The van der Waals surface area contributed by atoms with E-state index in [4.69, 9.17) is 23.2 Å². The fourth-order valence-corrected chi connectivity index (χ4v) is 1.41. The number of amides is 2. The predicted molar refractivity (Wildman–Crippen MR) is 67.3 cm³/mol. The lowest BCUT2D eigenvalue weighted by molar-refractivity contribution is 0.252. The van der Waals surface area contributed by atoms with Gasteiger partial charge < -0.3 is 10.6 Å². The molecule has 0 spiro atoms. The van der Waals surface area contributed by atoms with E-state index in [-0.39, 0.29) is 6.03 Å². The van der Waals surface area contributed by atoms with Crippen LogP contribution in [0.3, 0.4) is 0 Å². The smallest absolute Gasteiger partial charge is 0.319 e. The number of carbonyl (C=O) groups is 1. The fraction of sp³-hybridized carbons (Fsp3) is 0.222. The average molecular weight is 312 g/mol. The van der Waals surface area contributed by atoms with Crippen molar-refractivity contribution in [3.8, 4) is 0 Å². The first-order valence-electron chi connectivity index (χ1n) is 4.19. The van der Waals surface area contributed by atoms with Gasteiger partial charge in [0.2, 0.25) is 0 Å². The van der Waals surface area contributed by atoms with Gasteiger partial charge in [0, 0.05) is 17.6 Å². The number of halogens is 3. The second-order valence-electron chi connectivity index (χ2n) is 2.70. The molecule has 15 heavy (non-hydrogen) atoms. The highest BCUT2D eigenvalue weighted by Gasteiger charge is 2.02. The Balaban J connectivity index is 2.57. The van der Waals surface area contributed by atoms with Gasteiger partial charge in [-0.2, -0.15) is 0 Å². The third-order valence-corrected chi connectivity index (χ3v) is 2.69. The summed E-state index contributed by atoms with van der Waals surface area (Å²) < 4.78 is 0. The van der Waals surface area contributed by atoms with Gasteiger partial charge in [0.15, 0.2) is 0 Å². The van der Waals surface area contributed by atoms with Crippen molar-refractivity contribution in [2.24, 2.45) is 0 Å². The van der Waals surface area contributed by atoms with Gasteiger partial charge >= 0.3 is 6.03 Å². The molecule has 6 heteroatoms. The summed E-state index contributed by atoms with van der Waals surface area (Å²) in [5.41, 5.74) is 0.608. The van der Waals surface area contributed by atoms with Crippen molar-refractivity contribution >= 4 is 50.9 Å². The summed E-state index contributed by atoms with van der Waals surface area (Å²) in [6.07, 6.45) is 0. The van der Waals surface area contributed by atoms with E-state index in [1.165, 1.54) is 0 Å². The Morgan fingerprint density at radius 2 is 2.07 bits per heavy atom. The molecule has 0 atom stereocenters. The van der Waals surface area contributed by atoms with Crippen LogP contribution in [0.1, 0.15) is 0 Å². The van der Waals surface area contributed by atoms with Crippen LogP contribution in [-0.4, -0.2) is 17.9 Å². The average Bonchev–Trinajstić information content (AvgIpc) is 2.20. The zero-order valence-electron chi connectivity index (χ0n) is 7.69. The largest absolute Gasteiger partial charge is 0.337 e. The zero-order chi connectivity index (χ0) is 11.3. The number of nitrogens with one attached hydrogen (secondary N) is 2. The Labute approximate surface area is 106 Å². The molecular formula is C9H9BrCl2N2O. The van der Waals surface area contributed by atoms with Crippen LogP contribution >= 0.6 is 39.1 Å². The first-order chi connectivity index (χ1) is 7.13. The summed E-state index contributed by atoms with van der Waals surface area (Å²) in [5.74, 6) is 0. The zero-order valence-corrected chi connectivity index (χ0v) is 10.8. The molecule has 0 saturated heterocycles. The maximum atomic E-state index is 11.2. The summed E-state index contributed by atoms with van der Waals surface area (Å²) in [5, 5.41) is 6.86. The Morgan fingerprint density at radius 1 is 1.33 bits per heavy atom. The molecule has 1 aromatic carbocycles. The monoisotopic (exact) mass is 310 g/mol. The van der Waals surface area contributed by atoms with E-state index >= 15 is 0 Å². The van der Waals surface area contributed by atoms with E-state index in [1.807, 2.05) is 0 Å². The summed E-state index contributed by atoms with van der Waals surface area (Å²) in [7, 11) is 0. The third-order valence-electron chi connectivity index (χ3n) is 1.56. The van der Waals surface area contributed by atoms with Gasteiger partial charge in [0.1, 0.15) is 0 Å². The number of anilines is 1. The number of carbonyl (C=O) groups excluding carboxylic acids is 1. The second-order valence-corrected chi connectivity index (χ2v) is 4.31. The van der Waals surface area contributed by atoms with Gasteiger partial charge in [-0.3, -0.25) is 0 Å². The summed E-state index contributed by atoms with van der Waals surface area (Å²) in [4.78, 5) is 11.2. The van der Waals surface area contributed by atoms with Crippen molar-refractivity contribution in [2.75, 3.05) is 17.2 Å². The summed E-state index contributed by atoms with van der Waals surface area (Å²) in [6, 6.07) is 4.64. The Bertz CT molecular complexity index is 360. The molecule has 82 valence electrons. The molecule has 2 amide bonds. The highest BCUT2D eigenvalue weighted by molar-refractivity contribution is 9.09. The Morgan fingerprint density at radius 3 is 2.67 bits per heavy atom. The molecule has 1 aromatic rings. The van der Waals surface area contributed by atoms with Crippen LogP contribution in [0, 0.1) is 0 Å². The van der Waals surface area contributed by atoms with Crippen molar-refractivity contribution in [1.82, 2.24) is 5.32 Å². The van der Waals surface area contributed by atoms with Crippen LogP contribution in [0.15, 0.2) is 18.2 Å². The lowest BCUT2D eigenvalue weighted by atomic mass is 10.3. The Kier molecular flexibility index (Phi) is 5.22. The van der Waals surface area contributed by atoms with Crippen LogP contribution < -0.4 is 10.6 Å². The van der Waals surface area contributed by atoms with E-state index in [2.05, 4.69) is 26.6 Å². The second kappa shape index (κ2) is 6.20. The first kappa shape index (κ1) is 12.6. The van der Waals surface area contributed by atoms with Crippen LogP contribution in [0.25, 0.3) is 0 Å². The minimum absolute atomic E-state index is 0.271. The molecule has 0 saturated carbocycles. The van der Waals surface area contributed by atoms with Crippen molar-refractivity contribution < 1.29 is 4.79 Å². The fourth-order valence-electron chi connectivity index (χ4n) is 0.910. The first-order valence-corrected chi connectivity index (χ1v) is 6.07. The highest BCUT2D eigenvalue weighted by Crippen LogP contribution is 2.24. The minimum atomic E-state index is -0.271. The van der Waals surface area contributed by atoms with E-state index in [9.17, 15) is 4.79 Å². The van der Waals surface area contributed by atoms with Crippen LogP contribution in [0.4, 0.5) is 10.5 Å². The van der Waals surface area contributed by atoms with Crippen LogP contribution in [0.2, 0.25) is 10.0 Å². The number of urea groups is 1. The van der Waals surface area contributed by atoms with Crippen molar-refractivity contribution in [2.45, 2.75) is 0 Å². The van der Waals surface area contributed by atoms with Crippen molar-refractivity contribution in [3.63, 3.8) is 0 Å². The summed E-state index contributed by atoms with van der Waals surface area (Å²) >= 11 is 14.7. The van der Waals surface area contributed by atoms with Gasteiger partial charge in [-0.1, -0.05) is 39.1 Å². The topological polar surface area (TPSA) is 41.1 Å². The van der Waals surface area contributed by atoms with E-state index in [0.717, 1.165) is 0 Å². The lowest BCUT2D eigenvalue weighted by Crippen LogP contribution is -2.30.